The summed E-state index contributed by atoms with van der Waals surface area (Å²) < 4.78 is 16.5. The van der Waals surface area contributed by atoms with Crippen LogP contribution in [-0.4, -0.2) is 50.6 Å². The van der Waals surface area contributed by atoms with Gasteiger partial charge in [0.05, 0.1) is 26.5 Å². The van der Waals surface area contributed by atoms with Crippen LogP contribution in [0.1, 0.15) is 16.8 Å². The van der Waals surface area contributed by atoms with Crippen LogP contribution in [0.3, 0.4) is 0 Å². The van der Waals surface area contributed by atoms with Gasteiger partial charge in [-0.3, -0.25) is 9.78 Å². The number of thioether (sulfide) groups is 1. The molecule has 1 N–H and O–H groups in total. The highest BCUT2D eigenvalue weighted by atomic mass is 32.2. The van der Waals surface area contributed by atoms with Crippen LogP contribution in [0, 0.1) is 6.92 Å². The zero-order chi connectivity index (χ0) is 23.1. The number of aromatic nitrogens is 2. The van der Waals surface area contributed by atoms with Crippen molar-refractivity contribution >= 4 is 17.4 Å². The van der Waals surface area contributed by atoms with Gasteiger partial charge in [0.1, 0.15) is 11.4 Å². The molecule has 0 aliphatic carbocycles. The molecular weight excluding hydrogens is 426 g/mol. The normalized spacial score (nSPS) is 10.7. The minimum absolute atomic E-state index is 0.164. The van der Waals surface area contributed by atoms with Crippen LogP contribution in [0.2, 0.25) is 0 Å². The van der Waals surface area contributed by atoms with Crippen LogP contribution < -0.4 is 24.7 Å². The molecule has 32 heavy (non-hydrogen) atoms. The van der Waals surface area contributed by atoms with Crippen LogP contribution in [0.25, 0.3) is 0 Å². The number of hydrogen-bond donors (Lipinski definition) is 1. The molecule has 1 aromatic heterocycles. The number of aromatic amines is 1. The van der Waals surface area contributed by atoms with Gasteiger partial charge in [0.25, 0.3) is 5.56 Å². The zero-order valence-electron chi connectivity index (χ0n) is 19.1. The molecule has 1 heterocycles. The standard InChI is InChI=1S/C24H29N3O4S/c1-16-6-9-18(10-7-16)31-12-13-32-24-25-19(22(27(2)3)23(28)26-24)14-17-8-11-20(29-4)21(15-17)30-5/h6-11,15H,12-14H2,1-5H3,(H,25,26,28). The minimum atomic E-state index is -0.164. The van der Waals surface area contributed by atoms with E-state index < -0.39 is 0 Å². The molecule has 0 aliphatic rings. The summed E-state index contributed by atoms with van der Waals surface area (Å²) in [7, 11) is 6.89. The highest BCUT2D eigenvalue weighted by molar-refractivity contribution is 7.99. The SMILES string of the molecule is COc1ccc(Cc2nc(SCCOc3ccc(C)cc3)[nH]c(=O)c2N(C)C)cc1OC. The van der Waals surface area contributed by atoms with Crippen molar-refractivity contribution in [3.8, 4) is 17.2 Å². The van der Waals surface area contributed by atoms with E-state index in [0.717, 1.165) is 11.3 Å². The van der Waals surface area contributed by atoms with Gasteiger partial charge in [-0.1, -0.05) is 35.5 Å². The van der Waals surface area contributed by atoms with Gasteiger partial charge >= 0.3 is 0 Å². The second-order valence-corrected chi connectivity index (χ2v) is 8.52. The van der Waals surface area contributed by atoms with Crippen LogP contribution in [0.4, 0.5) is 5.69 Å². The summed E-state index contributed by atoms with van der Waals surface area (Å²) in [4.78, 5) is 22.2. The van der Waals surface area contributed by atoms with Crippen LogP contribution >= 0.6 is 11.8 Å². The summed E-state index contributed by atoms with van der Waals surface area (Å²) in [6.45, 7) is 2.55. The van der Waals surface area contributed by atoms with Crippen LogP contribution in [0.15, 0.2) is 52.4 Å². The Kier molecular flexibility index (Phi) is 8.05. The summed E-state index contributed by atoms with van der Waals surface area (Å²) >= 11 is 1.46. The monoisotopic (exact) mass is 455 g/mol. The van der Waals surface area contributed by atoms with Crippen molar-refractivity contribution in [2.75, 3.05) is 45.6 Å². The predicted molar refractivity (Wildman–Crippen MR) is 129 cm³/mol. The zero-order valence-corrected chi connectivity index (χ0v) is 19.9. The van der Waals surface area contributed by atoms with E-state index in [1.54, 1.807) is 19.1 Å². The van der Waals surface area contributed by atoms with Gasteiger partial charge in [-0.25, -0.2) is 4.98 Å². The summed E-state index contributed by atoms with van der Waals surface area (Å²) in [5.41, 5.74) is 3.24. The van der Waals surface area contributed by atoms with E-state index in [-0.39, 0.29) is 5.56 Å². The largest absolute Gasteiger partial charge is 0.493 e. The Hall–Kier alpha value is -3.13. The maximum Gasteiger partial charge on any atom is 0.275 e. The molecule has 0 aliphatic heterocycles. The lowest BCUT2D eigenvalue weighted by Gasteiger charge is -2.17. The molecule has 8 heteroatoms. The van der Waals surface area contributed by atoms with Crippen molar-refractivity contribution in [1.29, 1.82) is 0 Å². The molecule has 0 amide bonds. The average molecular weight is 456 g/mol. The first kappa shape index (κ1) is 23.5. The first-order valence-corrected chi connectivity index (χ1v) is 11.2. The maximum atomic E-state index is 12.8. The predicted octanol–water partition coefficient (Wildman–Crippen LogP) is 3.92. The summed E-state index contributed by atoms with van der Waals surface area (Å²) in [5, 5.41) is 0.573. The van der Waals surface area contributed by atoms with E-state index in [1.807, 2.05) is 63.5 Å². The van der Waals surface area contributed by atoms with Crippen molar-refractivity contribution in [3.05, 3.63) is 69.6 Å². The lowest BCUT2D eigenvalue weighted by Crippen LogP contribution is -2.25. The van der Waals surface area contributed by atoms with Crippen molar-refractivity contribution in [3.63, 3.8) is 0 Å². The molecular formula is C24H29N3O4S. The lowest BCUT2D eigenvalue weighted by molar-refractivity contribution is 0.344. The third-order valence-corrected chi connectivity index (χ3v) is 5.66. The summed E-state index contributed by atoms with van der Waals surface area (Å²) in [6, 6.07) is 13.6. The van der Waals surface area contributed by atoms with Gasteiger partial charge in [0.2, 0.25) is 0 Å². The van der Waals surface area contributed by atoms with E-state index in [4.69, 9.17) is 19.2 Å². The number of nitrogens with one attached hydrogen (secondary N) is 1. The number of ether oxygens (including phenoxy) is 3. The highest BCUT2D eigenvalue weighted by Gasteiger charge is 2.15. The van der Waals surface area contributed by atoms with Crippen molar-refractivity contribution in [2.45, 2.75) is 18.5 Å². The number of anilines is 1. The first-order valence-electron chi connectivity index (χ1n) is 10.2. The van der Waals surface area contributed by atoms with E-state index in [2.05, 4.69) is 4.98 Å². The Bertz CT molecular complexity index is 1100. The summed E-state index contributed by atoms with van der Waals surface area (Å²) in [5.74, 6) is 2.79. The van der Waals surface area contributed by atoms with Gasteiger partial charge < -0.3 is 19.1 Å². The molecule has 0 spiro atoms. The number of H-pyrrole nitrogens is 1. The van der Waals surface area contributed by atoms with Crippen LogP contribution in [0.5, 0.6) is 17.2 Å². The number of hydrogen-bond acceptors (Lipinski definition) is 7. The molecule has 0 radical (unpaired) electrons. The molecule has 0 unspecified atom stereocenters. The quantitative estimate of drug-likeness (QED) is 0.282. The fraction of sp³-hybridized carbons (Fsp3) is 0.333. The van der Waals surface area contributed by atoms with Gasteiger partial charge in [0.15, 0.2) is 16.7 Å². The third kappa shape index (κ3) is 5.97. The number of nitrogens with zero attached hydrogens (tertiary/aromatic N) is 2. The first-order chi connectivity index (χ1) is 15.4. The van der Waals surface area contributed by atoms with E-state index >= 15 is 0 Å². The summed E-state index contributed by atoms with van der Waals surface area (Å²) in [6.07, 6.45) is 0.491. The van der Waals surface area contributed by atoms with Crippen molar-refractivity contribution < 1.29 is 14.2 Å². The molecule has 7 nitrogen and oxygen atoms in total. The van der Waals surface area contributed by atoms with Crippen LogP contribution in [-0.2, 0) is 6.42 Å². The van der Waals surface area contributed by atoms with Gasteiger partial charge in [0, 0.05) is 26.3 Å². The number of methoxy groups -OCH3 is 2. The second kappa shape index (κ2) is 10.9. The maximum absolute atomic E-state index is 12.8. The van der Waals surface area contributed by atoms with E-state index in [9.17, 15) is 4.79 Å². The number of benzene rings is 2. The molecule has 3 aromatic rings. The molecule has 3 rings (SSSR count). The molecule has 0 bridgehead atoms. The topological polar surface area (TPSA) is 76.7 Å². The Morgan fingerprint density at radius 1 is 1.03 bits per heavy atom. The molecule has 0 atom stereocenters. The Labute approximate surface area is 192 Å². The van der Waals surface area contributed by atoms with Gasteiger partial charge in [-0.15, -0.1) is 0 Å². The molecule has 0 saturated carbocycles. The van der Waals surface area contributed by atoms with Gasteiger partial charge in [-0.2, -0.15) is 0 Å². The van der Waals surface area contributed by atoms with E-state index in [1.165, 1.54) is 17.3 Å². The fourth-order valence-electron chi connectivity index (χ4n) is 3.26. The highest BCUT2D eigenvalue weighted by Crippen LogP contribution is 2.29. The lowest BCUT2D eigenvalue weighted by atomic mass is 10.1. The fourth-order valence-corrected chi connectivity index (χ4v) is 3.96. The average Bonchev–Trinajstić information content (AvgIpc) is 2.77. The Morgan fingerprint density at radius 3 is 2.41 bits per heavy atom. The number of aryl methyl sites for hydroxylation is 1. The molecule has 0 saturated heterocycles. The third-order valence-electron chi connectivity index (χ3n) is 4.82. The smallest absolute Gasteiger partial charge is 0.275 e. The van der Waals surface area contributed by atoms with Crippen molar-refractivity contribution in [2.24, 2.45) is 0 Å². The molecule has 0 fully saturated rings. The second-order valence-electron chi connectivity index (χ2n) is 7.44. The Morgan fingerprint density at radius 2 is 1.75 bits per heavy atom. The minimum Gasteiger partial charge on any atom is -0.493 e. The molecule has 2 aromatic carbocycles. The number of rotatable bonds is 10. The van der Waals surface area contributed by atoms with E-state index in [0.29, 0.717) is 46.8 Å². The Balaban J connectivity index is 1.75. The van der Waals surface area contributed by atoms with Gasteiger partial charge in [-0.05, 0) is 36.8 Å². The molecule has 170 valence electrons. The van der Waals surface area contributed by atoms with Crippen molar-refractivity contribution in [1.82, 2.24) is 9.97 Å².